The molecule has 60 valence electrons. The number of aliphatic hydroxyl groups excluding tert-OH is 1. The van der Waals surface area contributed by atoms with Crippen molar-refractivity contribution in [2.45, 2.75) is 23.8 Å². The quantitative estimate of drug-likeness (QED) is 0.472. The molecule has 1 heterocycles. The van der Waals surface area contributed by atoms with E-state index in [1.165, 1.54) is 0 Å². The van der Waals surface area contributed by atoms with Gasteiger partial charge >= 0.3 is 0 Å². The molecule has 2 nitrogen and oxygen atoms in total. The lowest BCUT2D eigenvalue weighted by molar-refractivity contribution is 0.184. The molecule has 10 heavy (non-hydrogen) atoms. The molecule has 1 rings (SSSR count). The summed E-state index contributed by atoms with van der Waals surface area (Å²) < 4.78 is 0. The zero-order chi connectivity index (χ0) is 7.56. The molecule has 4 heteroatoms. The van der Waals surface area contributed by atoms with E-state index in [4.69, 9.17) is 28.3 Å². The van der Waals surface area contributed by atoms with E-state index in [2.05, 4.69) is 5.32 Å². The largest absolute Gasteiger partial charge is 0.396 e. The van der Waals surface area contributed by atoms with Crippen molar-refractivity contribution in [1.29, 1.82) is 0 Å². The van der Waals surface area contributed by atoms with Gasteiger partial charge in [-0.15, -0.1) is 23.2 Å². The zero-order valence-corrected chi connectivity index (χ0v) is 7.07. The second kappa shape index (κ2) is 3.77. The van der Waals surface area contributed by atoms with Crippen molar-refractivity contribution in [2.75, 3.05) is 6.61 Å². The number of halogens is 2. The first kappa shape index (κ1) is 8.60. The van der Waals surface area contributed by atoms with Crippen LogP contribution in [0.2, 0.25) is 0 Å². The topological polar surface area (TPSA) is 32.3 Å². The van der Waals surface area contributed by atoms with Crippen molar-refractivity contribution in [1.82, 2.24) is 5.32 Å². The first-order valence-corrected chi connectivity index (χ1v) is 4.24. The summed E-state index contributed by atoms with van der Waals surface area (Å²) in [7, 11) is 0. The summed E-state index contributed by atoms with van der Waals surface area (Å²) in [6.45, 7) is 0.189. The molecule has 0 saturated carbocycles. The van der Waals surface area contributed by atoms with Crippen LogP contribution in [0.1, 0.15) is 12.8 Å². The molecule has 1 saturated heterocycles. The van der Waals surface area contributed by atoms with Gasteiger partial charge in [0.2, 0.25) is 0 Å². The van der Waals surface area contributed by atoms with Gasteiger partial charge in [0.1, 0.15) is 0 Å². The van der Waals surface area contributed by atoms with Gasteiger partial charge in [-0.05, 0) is 18.8 Å². The van der Waals surface area contributed by atoms with E-state index in [0.717, 1.165) is 12.8 Å². The van der Waals surface area contributed by atoms with E-state index in [1.807, 2.05) is 0 Å². The molecule has 1 aliphatic rings. The van der Waals surface area contributed by atoms with Crippen LogP contribution in [0.4, 0.5) is 0 Å². The molecule has 2 N–H and O–H groups in total. The van der Waals surface area contributed by atoms with Crippen LogP contribution in [0.25, 0.3) is 0 Å². The maximum atomic E-state index is 8.78. The van der Waals surface area contributed by atoms with Crippen molar-refractivity contribution in [2.24, 2.45) is 5.92 Å². The van der Waals surface area contributed by atoms with Crippen molar-refractivity contribution >= 4 is 23.2 Å². The third kappa shape index (κ3) is 2.27. The molecular weight excluding hydrogens is 173 g/mol. The van der Waals surface area contributed by atoms with E-state index in [9.17, 15) is 0 Å². The molecule has 0 amide bonds. The fraction of sp³-hybridized carbons (Fsp3) is 1.00. The molecule has 0 bridgehead atoms. The van der Waals surface area contributed by atoms with Gasteiger partial charge in [-0.2, -0.15) is 0 Å². The summed E-state index contributed by atoms with van der Waals surface area (Å²) in [5.41, 5.74) is -0.151. The normalized spacial score (nSPS) is 41.7. The summed E-state index contributed by atoms with van der Waals surface area (Å²) in [6.07, 6.45) is 1.61. The third-order valence-corrected chi connectivity index (χ3v) is 2.31. The Morgan fingerprint density at radius 3 is 2.20 bits per heavy atom. The minimum Gasteiger partial charge on any atom is -0.396 e. The van der Waals surface area contributed by atoms with E-state index in [0.29, 0.717) is 0 Å². The van der Waals surface area contributed by atoms with Crippen LogP contribution in [-0.4, -0.2) is 22.7 Å². The highest BCUT2D eigenvalue weighted by atomic mass is 35.5. The number of hydrogen-bond donors (Lipinski definition) is 2. The summed E-state index contributed by atoms with van der Waals surface area (Å²) in [5, 5.41) is 11.7. The highest BCUT2D eigenvalue weighted by Crippen LogP contribution is 2.23. The molecular formula is C6H11Cl2NO. The van der Waals surface area contributed by atoms with Gasteiger partial charge in [-0.25, -0.2) is 0 Å². The van der Waals surface area contributed by atoms with Gasteiger partial charge in [0.05, 0.1) is 11.0 Å². The van der Waals surface area contributed by atoms with Gasteiger partial charge in [0, 0.05) is 6.61 Å². The maximum absolute atomic E-state index is 8.78. The summed E-state index contributed by atoms with van der Waals surface area (Å²) in [5.74, 6) is 0.270. The number of hydrogen-bond acceptors (Lipinski definition) is 2. The second-order valence-electron chi connectivity index (χ2n) is 2.62. The summed E-state index contributed by atoms with van der Waals surface area (Å²) >= 11 is 11.6. The fourth-order valence-corrected chi connectivity index (χ4v) is 2.04. The Labute approximate surface area is 70.5 Å². The average Bonchev–Trinajstić information content (AvgIpc) is 1.85. The smallest absolute Gasteiger partial charge is 0.0840 e. The molecule has 0 spiro atoms. The number of aliphatic hydroxyl groups is 1. The van der Waals surface area contributed by atoms with E-state index < -0.39 is 0 Å². The molecule has 2 atom stereocenters. The first-order valence-electron chi connectivity index (χ1n) is 3.37. The number of rotatable bonds is 1. The van der Waals surface area contributed by atoms with Crippen LogP contribution in [0.3, 0.4) is 0 Å². The lowest BCUT2D eigenvalue weighted by Crippen LogP contribution is -2.40. The lowest BCUT2D eigenvalue weighted by atomic mass is 9.99. The average molecular weight is 184 g/mol. The Hall–Kier alpha value is 0.500. The van der Waals surface area contributed by atoms with Gasteiger partial charge in [0.15, 0.2) is 0 Å². The summed E-state index contributed by atoms with van der Waals surface area (Å²) in [6, 6.07) is 0. The van der Waals surface area contributed by atoms with Gasteiger partial charge in [-0.3, -0.25) is 5.32 Å². The first-order chi connectivity index (χ1) is 4.72. The van der Waals surface area contributed by atoms with Gasteiger partial charge < -0.3 is 5.11 Å². The van der Waals surface area contributed by atoms with E-state index >= 15 is 0 Å². The predicted octanol–water partition coefficient (Wildman–Crippen LogP) is 1.11. The monoisotopic (exact) mass is 183 g/mol. The minimum absolute atomic E-state index is 0.0756. The maximum Gasteiger partial charge on any atom is 0.0840 e. The predicted molar refractivity (Wildman–Crippen MR) is 42.2 cm³/mol. The molecule has 0 aromatic carbocycles. The fourth-order valence-electron chi connectivity index (χ4n) is 1.16. The number of nitrogens with one attached hydrogen (secondary N) is 1. The van der Waals surface area contributed by atoms with Crippen LogP contribution in [0.5, 0.6) is 0 Å². The highest BCUT2D eigenvalue weighted by Gasteiger charge is 2.24. The van der Waals surface area contributed by atoms with E-state index in [1.54, 1.807) is 0 Å². The minimum atomic E-state index is -0.0756. The molecule has 1 aliphatic heterocycles. The Balaban J connectivity index is 2.35. The SMILES string of the molecule is OCC1CC(Cl)NC(Cl)C1. The van der Waals surface area contributed by atoms with Crippen LogP contribution < -0.4 is 5.32 Å². The Morgan fingerprint density at radius 2 is 1.80 bits per heavy atom. The van der Waals surface area contributed by atoms with Gasteiger partial charge in [-0.1, -0.05) is 0 Å². The number of piperidine rings is 1. The number of alkyl halides is 2. The second-order valence-corrected chi connectivity index (χ2v) is 3.68. The highest BCUT2D eigenvalue weighted by molar-refractivity contribution is 6.23. The Bertz CT molecular complexity index is 102. The van der Waals surface area contributed by atoms with Crippen LogP contribution >= 0.6 is 23.2 Å². The van der Waals surface area contributed by atoms with Gasteiger partial charge in [0.25, 0.3) is 0 Å². The van der Waals surface area contributed by atoms with Crippen molar-refractivity contribution in [3.05, 3.63) is 0 Å². The Kier molecular flexibility index (Phi) is 3.24. The van der Waals surface area contributed by atoms with Crippen LogP contribution in [0.15, 0.2) is 0 Å². The van der Waals surface area contributed by atoms with Crippen molar-refractivity contribution in [3.8, 4) is 0 Å². The molecule has 1 fully saturated rings. The van der Waals surface area contributed by atoms with Crippen molar-refractivity contribution < 1.29 is 5.11 Å². The van der Waals surface area contributed by atoms with Crippen LogP contribution in [0, 0.1) is 5.92 Å². The molecule has 0 aromatic heterocycles. The third-order valence-electron chi connectivity index (χ3n) is 1.70. The lowest BCUT2D eigenvalue weighted by Gasteiger charge is -2.28. The molecule has 0 radical (unpaired) electrons. The van der Waals surface area contributed by atoms with Crippen molar-refractivity contribution in [3.63, 3.8) is 0 Å². The van der Waals surface area contributed by atoms with E-state index in [-0.39, 0.29) is 23.5 Å². The molecule has 2 unspecified atom stereocenters. The zero-order valence-electron chi connectivity index (χ0n) is 5.56. The summed E-state index contributed by atoms with van der Waals surface area (Å²) in [4.78, 5) is 0. The Morgan fingerprint density at radius 1 is 1.30 bits per heavy atom. The molecule has 0 aromatic rings. The molecule has 0 aliphatic carbocycles. The van der Waals surface area contributed by atoms with Crippen LogP contribution in [-0.2, 0) is 0 Å². The standard InChI is InChI=1S/C6H11Cl2NO/c7-5-1-4(3-10)2-6(8)9-5/h4-6,9-10H,1-3H2.